The molecule has 6 heteroatoms. The van der Waals surface area contributed by atoms with Crippen LogP contribution in [0.25, 0.3) is 0 Å². The summed E-state index contributed by atoms with van der Waals surface area (Å²) in [5.41, 5.74) is -0.290. The molecule has 0 aromatic heterocycles. The van der Waals surface area contributed by atoms with E-state index in [0.29, 0.717) is 0 Å². The quantitative estimate of drug-likeness (QED) is 0.602. The van der Waals surface area contributed by atoms with Gasteiger partial charge in [-0.15, -0.1) is 0 Å². The van der Waals surface area contributed by atoms with Crippen molar-refractivity contribution in [1.29, 1.82) is 0 Å². The monoisotopic (exact) mass is 201 g/mol. The van der Waals surface area contributed by atoms with Crippen molar-refractivity contribution in [2.24, 2.45) is 0 Å². The highest BCUT2D eigenvalue weighted by Crippen LogP contribution is 2.12. The van der Waals surface area contributed by atoms with Crippen molar-refractivity contribution in [3.63, 3.8) is 0 Å². The molecule has 0 aliphatic heterocycles. The van der Waals surface area contributed by atoms with Gasteiger partial charge in [-0.2, -0.15) is 0 Å². The molecule has 2 N–H and O–H groups in total. The van der Waals surface area contributed by atoms with E-state index < -0.39 is 17.7 Å². The molecule has 1 amide bonds. The van der Waals surface area contributed by atoms with Gasteiger partial charge in [-0.3, -0.25) is 14.9 Å². The first kappa shape index (κ1) is 9.47. The Bertz CT molecular complexity index is 356. The average molecular weight is 202 g/mol. The minimum atomic E-state index is -1.40. The van der Waals surface area contributed by atoms with Gasteiger partial charge in [0.1, 0.15) is 0 Å². The molecule has 5 nitrogen and oxygen atoms in total. The molecular formula is C7H4ClNO4. The number of nitrogens with one attached hydrogen (secondary N) is 1. The van der Waals surface area contributed by atoms with Crippen LogP contribution in [0.4, 0.5) is 4.79 Å². The van der Waals surface area contributed by atoms with Crippen LogP contribution in [-0.4, -0.2) is 22.8 Å². The third-order valence-electron chi connectivity index (χ3n) is 1.28. The summed E-state index contributed by atoms with van der Waals surface area (Å²) in [6.45, 7) is 0. The van der Waals surface area contributed by atoms with Gasteiger partial charge in [0, 0.05) is 12.2 Å². The highest BCUT2D eigenvalue weighted by Gasteiger charge is 2.19. The number of hydrogen-bond donors (Lipinski definition) is 2. The Kier molecular flexibility index (Phi) is 2.48. The van der Waals surface area contributed by atoms with Crippen LogP contribution in [0.15, 0.2) is 22.9 Å². The fourth-order valence-corrected chi connectivity index (χ4v) is 0.902. The number of carbonyl (C=O) groups excluding carboxylic acids is 2. The van der Waals surface area contributed by atoms with Crippen LogP contribution in [0, 0.1) is 0 Å². The van der Waals surface area contributed by atoms with Crippen LogP contribution in [0.5, 0.6) is 0 Å². The van der Waals surface area contributed by atoms with Crippen LogP contribution in [0.3, 0.4) is 0 Å². The second kappa shape index (κ2) is 3.40. The zero-order valence-electron chi connectivity index (χ0n) is 6.20. The molecule has 0 unspecified atom stereocenters. The molecule has 1 aliphatic rings. The summed E-state index contributed by atoms with van der Waals surface area (Å²) in [6.07, 6.45) is 0.312. The number of hydrogen-bond acceptors (Lipinski definition) is 3. The summed E-state index contributed by atoms with van der Waals surface area (Å²) in [5.74, 6) is -1.22. The molecule has 0 bridgehead atoms. The molecule has 0 fully saturated rings. The van der Waals surface area contributed by atoms with Gasteiger partial charge >= 0.3 is 6.09 Å². The van der Waals surface area contributed by atoms with Crippen LogP contribution in [0.2, 0.25) is 0 Å². The van der Waals surface area contributed by atoms with Crippen LogP contribution in [-0.2, 0) is 9.59 Å². The number of rotatable bonds is 1. The van der Waals surface area contributed by atoms with E-state index in [-0.39, 0.29) is 10.7 Å². The van der Waals surface area contributed by atoms with E-state index >= 15 is 0 Å². The Morgan fingerprint density at radius 2 is 1.92 bits per heavy atom. The first-order chi connectivity index (χ1) is 6.00. The second-order valence-corrected chi connectivity index (χ2v) is 2.62. The standard InChI is InChI=1S/C7H4ClNO4/c8-3-1-6(11)4(2-5(3)10)9-7(12)13/h1-2,9H,(H,12,13). The van der Waals surface area contributed by atoms with Gasteiger partial charge in [-0.05, 0) is 0 Å². The molecule has 0 saturated heterocycles. The fraction of sp³-hybridized carbons (Fsp3) is 0. The maximum atomic E-state index is 11.0. The zero-order valence-corrected chi connectivity index (χ0v) is 6.96. The lowest BCUT2D eigenvalue weighted by molar-refractivity contribution is -0.115. The smallest absolute Gasteiger partial charge is 0.409 e. The Hall–Kier alpha value is -1.62. The molecule has 0 aromatic rings. The molecule has 0 spiro atoms. The van der Waals surface area contributed by atoms with Crippen molar-refractivity contribution in [2.75, 3.05) is 0 Å². The van der Waals surface area contributed by atoms with E-state index in [9.17, 15) is 14.4 Å². The van der Waals surface area contributed by atoms with Gasteiger partial charge in [0.25, 0.3) is 0 Å². The Morgan fingerprint density at radius 3 is 2.46 bits per heavy atom. The number of allylic oxidation sites excluding steroid dienone is 3. The topological polar surface area (TPSA) is 83.5 Å². The first-order valence-corrected chi connectivity index (χ1v) is 3.56. The maximum absolute atomic E-state index is 11.0. The van der Waals surface area contributed by atoms with Crippen LogP contribution in [0.1, 0.15) is 0 Å². The molecule has 0 atom stereocenters. The van der Waals surface area contributed by atoms with Gasteiger partial charge in [-0.25, -0.2) is 4.79 Å². The highest BCUT2D eigenvalue weighted by atomic mass is 35.5. The molecule has 0 saturated carbocycles. The Balaban J connectivity index is 2.89. The van der Waals surface area contributed by atoms with E-state index in [0.717, 1.165) is 12.2 Å². The number of ketones is 2. The summed E-state index contributed by atoms with van der Waals surface area (Å²) in [7, 11) is 0. The van der Waals surface area contributed by atoms with E-state index in [2.05, 4.69) is 0 Å². The Labute approximate surface area is 77.7 Å². The van der Waals surface area contributed by atoms with Crippen molar-refractivity contribution >= 4 is 29.3 Å². The molecule has 13 heavy (non-hydrogen) atoms. The fourth-order valence-electron chi connectivity index (χ4n) is 0.748. The number of amides is 1. The number of halogens is 1. The predicted molar refractivity (Wildman–Crippen MR) is 43.2 cm³/mol. The maximum Gasteiger partial charge on any atom is 0.409 e. The van der Waals surface area contributed by atoms with Crippen LogP contribution < -0.4 is 5.32 Å². The summed E-state index contributed by atoms with van der Waals surface area (Å²) >= 11 is 5.33. The van der Waals surface area contributed by atoms with Crippen molar-refractivity contribution < 1.29 is 19.5 Å². The van der Waals surface area contributed by atoms with Gasteiger partial charge in [-0.1, -0.05) is 11.6 Å². The molecule has 0 radical (unpaired) electrons. The third-order valence-corrected chi connectivity index (χ3v) is 1.57. The van der Waals surface area contributed by atoms with E-state index in [1.807, 2.05) is 0 Å². The predicted octanol–water partition coefficient (Wildman–Crippen LogP) is 0.412. The molecular weight excluding hydrogens is 198 g/mol. The summed E-state index contributed by atoms with van der Waals surface area (Å²) in [6, 6.07) is 0. The second-order valence-electron chi connectivity index (χ2n) is 2.21. The van der Waals surface area contributed by atoms with Crippen LogP contribution >= 0.6 is 11.6 Å². The summed E-state index contributed by atoms with van der Waals surface area (Å²) in [4.78, 5) is 32.0. The van der Waals surface area contributed by atoms with Crippen molar-refractivity contribution in [3.05, 3.63) is 22.9 Å². The molecule has 1 rings (SSSR count). The molecule has 68 valence electrons. The largest absolute Gasteiger partial charge is 0.465 e. The minimum absolute atomic E-state index is 0.221. The lowest BCUT2D eigenvalue weighted by Gasteiger charge is -2.06. The number of carboxylic acid groups (broad SMARTS) is 1. The van der Waals surface area contributed by atoms with Crippen molar-refractivity contribution in [2.45, 2.75) is 0 Å². The lowest BCUT2D eigenvalue weighted by Crippen LogP contribution is -2.27. The lowest BCUT2D eigenvalue weighted by atomic mass is 10.1. The molecule has 1 aliphatic carbocycles. The van der Waals surface area contributed by atoms with Gasteiger partial charge < -0.3 is 5.11 Å². The van der Waals surface area contributed by atoms with E-state index in [1.54, 1.807) is 5.32 Å². The van der Waals surface area contributed by atoms with Crippen molar-refractivity contribution in [1.82, 2.24) is 5.32 Å². The third kappa shape index (κ3) is 2.16. The summed E-state index contributed by atoms with van der Waals surface area (Å²) < 4.78 is 0. The summed E-state index contributed by atoms with van der Waals surface area (Å²) in [5, 5.41) is 9.83. The highest BCUT2D eigenvalue weighted by molar-refractivity contribution is 6.47. The van der Waals surface area contributed by atoms with Crippen molar-refractivity contribution in [3.8, 4) is 0 Å². The van der Waals surface area contributed by atoms with Gasteiger partial charge in [0.2, 0.25) is 5.78 Å². The SMILES string of the molecule is O=C(O)NC1=CC(=O)C(Cl)=CC1=O. The normalized spacial score (nSPS) is 16.4. The van der Waals surface area contributed by atoms with E-state index in [4.69, 9.17) is 16.7 Å². The molecule has 0 aromatic carbocycles. The zero-order chi connectivity index (χ0) is 10.0. The van der Waals surface area contributed by atoms with E-state index in [1.165, 1.54) is 0 Å². The number of carbonyl (C=O) groups is 3. The first-order valence-electron chi connectivity index (χ1n) is 3.18. The average Bonchev–Trinajstić information content (AvgIpc) is 1.99. The molecule has 0 heterocycles. The van der Waals surface area contributed by atoms with Gasteiger partial charge in [0.15, 0.2) is 5.78 Å². The van der Waals surface area contributed by atoms with Gasteiger partial charge in [0.05, 0.1) is 10.7 Å². The minimum Gasteiger partial charge on any atom is -0.465 e. The Morgan fingerprint density at radius 1 is 1.31 bits per heavy atom.